The number of hydrogen-bond acceptors (Lipinski definition) is 6. The van der Waals surface area contributed by atoms with Gasteiger partial charge in [-0.05, 0) is 18.2 Å². The smallest absolute Gasteiger partial charge is 0.227 e. The Morgan fingerprint density at radius 1 is 1.47 bits per heavy atom. The Hall–Kier alpha value is -2.39. The predicted octanol–water partition coefficient (Wildman–Crippen LogP) is 1.28. The van der Waals surface area contributed by atoms with Crippen LogP contribution in [0.5, 0.6) is 5.75 Å². The van der Waals surface area contributed by atoms with Gasteiger partial charge in [-0.25, -0.2) is 0 Å². The van der Waals surface area contributed by atoms with Crippen molar-refractivity contribution < 1.29 is 9.26 Å². The van der Waals surface area contributed by atoms with Crippen molar-refractivity contribution in [3.05, 3.63) is 41.5 Å². The fourth-order valence-electron chi connectivity index (χ4n) is 1.71. The van der Waals surface area contributed by atoms with Gasteiger partial charge < -0.3 is 14.6 Å². The minimum Gasteiger partial charge on any atom is -0.496 e. The van der Waals surface area contributed by atoms with E-state index in [0.717, 1.165) is 11.3 Å². The molecule has 0 saturated carbocycles. The van der Waals surface area contributed by atoms with Gasteiger partial charge in [0.1, 0.15) is 5.75 Å². The molecule has 0 bridgehead atoms. The molecule has 0 atom stereocenters. The second kappa shape index (κ2) is 6.52. The van der Waals surface area contributed by atoms with Crippen LogP contribution >= 0.6 is 0 Å². The van der Waals surface area contributed by atoms with Crippen molar-refractivity contribution in [3.8, 4) is 11.8 Å². The highest BCUT2D eigenvalue weighted by Gasteiger charge is 2.05. The molecule has 0 aliphatic heterocycles. The number of benzene rings is 1. The third-order valence-electron chi connectivity index (χ3n) is 2.65. The number of nitrogens with zero attached hydrogens (tertiary/aromatic N) is 3. The summed E-state index contributed by atoms with van der Waals surface area (Å²) in [6.07, 6.45) is 2.05. The van der Waals surface area contributed by atoms with Gasteiger partial charge in [-0.2, -0.15) is 10.2 Å². The molecule has 98 valence electrons. The summed E-state index contributed by atoms with van der Waals surface area (Å²) in [6, 6.07) is 7.47. The first-order valence-electron chi connectivity index (χ1n) is 5.86. The van der Waals surface area contributed by atoms with E-state index in [2.05, 4.69) is 21.5 Å². The second-order valence-electron chi connectivity index (χ2n) is 3.90. The molecule has 0 aliphatic rings. The van der Waals surface area contributed by atoms with Crippen LogP contribution in [0.15, 0.2) is 29.0 Å². The average Bonchev–Trinajstić information content (AvgIpc) is 2.96. The molecule has 1 N–H and O–H groups in total. The zero-order chi connectivity index (χ0) is 13.5. The van der Waals surface area contributed by atoms with Crippen LogP contribution < -0.4 is 10.1 Å². The van der Waals surface area contributed by atoms with Crippen LogP contribution in [-0.2, 0) is 13.0 Å². The van der Waals surface area contributed by atoms with E-state index >= 15 is 0 Å². The summed E-state index contributed by atoms with van der Waals surface area (Å²) in [5.41, 5.74) is 1.57. The Morgan fingerprint density at radius 3 is 3.05 bits per heavy atom. The van der Waals surface area contributed by atoms with Gasteiger partial charge in [0.25, 0.3) is 0 Å². The molecule has 0 radical (unpaired) electrons. The summed E-state index contributed by atoms with van der Waals surface area (Å²) in [4.78, 5) is 3.94. The van der Waals surface area contributed by atoms with Crippen molar-refractivity contribution in [2.24, 2.45) is 0 Å². The molecule has 1 aromatic heterocycles. The van der Waals surface area contributed by atoms with Gasteiger partial charge in [0.2, 0.25) is 5.89 Å². The van der Waals surface area contributed by atoms with Gasteiger partial charge in [0.05, 0.1) is 18.7 Å². The summed E-state index contributed by atoms with van der Waals surface area (Å²) in [7, 11) is 1.61. The normalized spacial score (nSPS) is 10.1. The highest BCUT2D eigenvalue weighted by molar-refractivity contribution is 5.41. The van der Waals surface area contributed by atoms with Crippen LogP contribution in [0.25, 0.3) is 0 Å². The van der Waals surface area contributed by atoms with E-state index in [0.29, 0.717) is 31.0 Å². The summed E-state index contributed by atoms with van der Waals surface area (Å²) in [6.45, 7) is 1.33. The molecule has 0 fully saturated rings. The number of ether oxygens (including phenoxy) is 1. The number of nitrogens with one attached hydrogen (secondary N) is 1. The maximum absolute atomic E-state index is 8.88. The van der Waals surface area contributed by atoms with Crippen LogP contribution in [0.4, 0.5) is 0 Å². The van der Waals surface area contributed by atoms with E-state index in [1.54, 1.807) is 19.2 Å². The maximum atomic E-state index is 8.88. The second-order valence-corrected chi connectivity index (χ2v) is 3.90. The van der Waals surface area contributed by atoms with Gasteiger partial charge in [-0.1, -0.05) is 5.16 Å². The molecule has 1 aromatic carbocycles. The average molecular weight is 258 g/mol. The summed E-state index contributed by atoms with van der Waals surface area (Å²) < 4.78 is 10.2. The fraction of sp³-hybridized carbons (Fsp3) is 0.308. The van der Waals surface area contributed by atoms with E-state index in [9.17, 15) is 0 Å². The molecule has 0 unspecified atom stereocenters. The molecule has 19 heavy (non-hydrogen) atoms. The lowest BCUT2D eigenvalue weighted by Gasteiger charge is -2.09. The van der Waals surface area contributed by atoms with Crippen LogP contribution in [0.3, 0.4) is 0 Å². The van der Waals surface area contributed by atoms with E-state index in [1.165, 1.54) is 6.33 Å². The molecular formula is C13H14N4O2. The molecular weight excluding hydrogens is 244 g/mol. The quantitative estimate of drug-likeness (QED) is 0.786. The van der Waals surface area contributed by atoms with Crippen molar-refractivity contribution in [2.45, 2.75) is 13.0 Å². The van der Waals surface area contributed by atoms with Crippen molar-refractivity contribution in [3.63, 3.8) is 0 Å². The number of nitriles is 1. The fourth-order valence-corrected chi connectivity index (χ4v) is 1.71. The largest absolute Gasteiger partial charge is 0.496 e. The highest BCUT2D eigenvalue weighted by Crippen LogP contribution is 2.19. The zero-order valence-electron chi connectivity index (χ0n) is 10.6. The lowest BCUT2D eigenvalue weighted by atomic mass is 10.1. The SMILES string of the molecule is COc1ccc(C#N)cc1CNCCc1ncno1. The van der Waals surface area contributed by atoms with Crippen LogP contribution in [0, 0.1) is 11.3 Å². The molecule has 0 spiro atoms. The van der Waals surface area contributed by atoms with Gasteiger partial charge in [-0.15, -0.1) is 0 Å². The first-order valence-corrected chi connectivity index (χ1v) is 5.86. The van der Waals surface area contributed by atoms with Gasteiger partial charge >= 0.3 is 0 Å². The van der Waals surface area contributed by atoms with E-state index < -0.39 is 0 Å². The summed E-state index contributed by atoms with van der Waals surface area (Å²) >= 11 is 0. The number of hydrogen-bond donors (Lipinski definition) is 1. The molecule has 0 amide bonds. The lowest BCUT2D eigenvalue weighted by Crippen LogP contribution is -2.17. The van der Waals surface area contributed by atoms with E-state index in [4.69, 9.17) is 14.5 Å². The first kappa shape index (κ1) is 13.1. The standard InChI is InChI=1S/C13H14N4O2/c1-18-12-3-2-10(7-14)6-11(12)8-15-5-4-13-16-9-17-19-13/h2-3,6,9,15H,4-5,8H2,1H3. The zero-order valence-corrected chi connectivity index (χ0v) is 10.6. The highest BCUT2D eigenvalue weighted by atomic mass is 16.5. The monoisotopic (exact) mass is 258 g/mol. The minimum absolute atomic E-state index is 0.602. The number of rotatable bonds is 6. The van der Waals surface area contributed by atoms with Crippen LogP contribution in [0.2, 0.25) is 0 Å². The minimum atomic E-state index is 0.602. The Labute approximate surface area is 111 Å². The number of methoxy groups -OCH3 is 1. The first-order chi connectivity index (χ1) is 9.33. The summed E-state index contributed by atoms with van der Waals surface area (Å²) in [5.74, 6) is 1.37. The number of aromatic nitrogens is 2. The van der Waals surface area contributed by atoms with Gasteiger partial charge in [0, 0.05) is 25.1 Å². The third kappa shape index (κ3) is 3.53. The van der Waals surface area contributed by atoms with Crippen LogP contribution in [0.1, 0.15) is 17.0 Å². The van der Waals surface area contributed by atoms with Crippen molar-refractivity contribution >= 4 is 0 Å². The molecule has 0 saturated heterocycles. The Bertz CT molecular complexity index is 561. The van der Waals surface area contributed by atoms with Crippen LogP contribution in [-0.4, -0.2) is 23.8 Å². The molecule has 0 aliphatic carbocycles. The van der Waals surface area contributed by atoms with E-state index in [1.807, 2.05) is 6.07 Å². The van der Waals surface area contributed by atoms with Gasteiger partial charge in [0.15, 0.2) is 6.33 Å². The molecule has 6 heteroatoms. The lowest BCUT2D eigenvalue weighted by molar-refractivity contribution is 0.374. The van der Waals surface area contributed by atoms with E-state index in [-0.39, 0.29) is 0 Å². The van der Waals surface area contributed by atoms with Crippen molar-refractivity contribution in [2.75, 3.05) is 13.7 Å². The van der Waals surface area contributed by atoms with Crippen molar-refractivity contribution in [1.29, 1.82) is 5.26 Å². The van der Waals surface area contributed by atoms with Crippen molar-refractivity contribution in [1.82, 2.24) is 15.5 Å². The summed E-state index contributed by atoms with van der Waals surface area (Å²) in [5, 5.41) is 15.7. The Morgan fingerprint density at radius 2 is 2.37 bits per heavy atom. The Kier molecular flexibility index (Phi) is 4.48. The predicted molar refractivity (Wildman–Crippen MR) is 67.4 cm³/mol. The third-order valence-corrected chi connectivity index (χ3v) is 2.65. The molecule has 1 heterocycles. The molecule has 6 nitrogen and oxygen atoms in total. The Balaban J connectivity index is 1.89. The molecule has 2 aromatic rings. The van der Waals surface area contributed by atoms with Gasteiger partial charge in [-0.3, -0.25) is 0 Å². The maximum Gasteiger partial charge on any atom is 0.227 e. The molecule has 2 rings (SSSR count). The topological polar surface area (TPSA) is 84.0 Å².